The monoisotopic (exact) mass is 766 g/mol. The number of hydrogen-bond acceptors (Lipinski definition) is 11. The SMILES string of the molecule is NS(=O)(=O)c1nc2ccc(OCc3cn([C@@H](Cc4ccc(OCC(O)CF)cc4)C(=O)N[C@@H](Cc4ccc(C(F)(F)F)cc4)C(=O)O)nn3)cc2s1. The Bertz CT molecular complexity index is 2130. The smallest absolute Gasteiger partial charge is 0.416 e. The molecule has 1 unspecified atom stereocenters. The van der Waals surface area contributed by atoms with Crippen LogP contribution >= 0.6 is 11.3 Å². The van der Waals surface area contributed by atoms with Crippen molar-refractivity contribution in [1.82, 2.24) is 25.3 Å². The first-order chi connectivity index (χ1) is 24.6. The Morgan fingerprint density at radius 1 is 0.981 bits per heavy atom. The number of aliphatic hydroxyl groups is 1. The molecule has 276 valence electrons. The van der Waals surface area contributed by atoms with Crippen LogP contribution in [0, 0.1) is 0 Å². The standard InChI is InChI=1S/C32H30F4N6O8S2/c33-14-22(43)17-50-23-7-3-19(4-8-23)12-27(29(44)38-26(30(45)46)11-18-1-5-20(6-2-18)32(34,35)36)42-15-21(40-41-42)16-49-24-9-10-25-28(13-24)51-31(39-25)52(37,47)48/h1-10,13,15,22,26-27,43H,11-12,14,16-17H2,(H,38,44)(H,45,46)(H2,37,47,48)/t22?,26-,27-/m0/s1. The van der Waals surface area contributed by atoms with Gasteiger partial charge in [0, 0.05) is 12.8 Å². The molecular weight excluding hydrogens is 737 g/mol. The molecule has 0 aliphatic rings. The molecule has 0 saturated heterocycles. The van der Waals surface area contributed by atoms with E-state index in [-0.39, 0.29) is 41.7 Å². The quantitative estimate of drug-likeness (QED) is 0.107. The minimum absolute atomic E-state index is 0.0378. The molecule has 0 radical (unpaired) electrons. The number of carboxylic acids is 1. The summed E-state index contributed by atoms with van der Waals surface area (Å²) in [6, 6.07) is 12.2. The fraction of sp³-hybridized carbons (Fsp3) is 0.281. The number of primary sulfonamides is 1. The van der Waals surface area contributed by atoms with Gasteiger partial charge in [0.2, 0.25) is 10.2 Å². The van der Waals surface area contributed by atoms with Crippen molar-refractivity contribution in [1.29, 1.82) is 0 Å². The van der Waals surface area contributed by atoms with Gasteiger partial charge in [-0.1, -0.05) is 29.5 Å². The number of carbonyl (C=O) groups excluding carboxylic acids is 1. The Kier molecular flexibility index (Phi) is 11.7. The number of thiazole rings is 1. The van der Waals surface area contributed by atoms with Crippen molar-refractivity contribution in [3.8, 4) is 11.5 Å². The van der Waals surface area contributed by atoms with Crippen LogP contribution in [0.1, 0.15) is 28.4 Å². The van der Waals surface area contributed by atoms with E-state index in [4.69, 9.17) is 14.6 Å². The van der Waals surface area contributed by atoms with E-state index in [0.29, 0.717) is 27.3 Å². The number of fused-ring (bicyclic) bond motifs is 1. The first-order valence-electron chi connectivity index (χ1n) is 15.2. The van der Waals surface area contributed by atoms with Gasteiger partial charge in [-0.15, -0.1) is 16.4 Å². The van der Waals surface area contributed by atoms with Crippen molar-refractivity contribution >= 4 is 43.5 Å². The van der Waals surface area contributed by atoms with Crippen LogP contribution in [0.3, 0.4) is 0 Å². The van der Waals surface area contributed by atoms with E-state index in [0.717, 1.165) is 35.6 Å². The predicted molar refractivity (Wildman–Crippen MR) is 177 cm³/mol. The average molecular weight is 767 g/mol. The van der Waals surface area contributed by atoms with Gasteiger partial charge < -0.3 is 25.0 Å². The number of aliphatic carboxylic acids is 1. The van der Waals surface area contributed by atoms with Crippen LogP contribution in [0.25, 0.3) is 10.2 Å². The zero-order valence-corrected chi connectivity index (χ0v) is 28.4. The number of hydrogen-bond donors (Lipinski definition) is 4. The maximum atomic E-state index is 13.7. The highest BCUT2D eigenvalue weighted by atomic mass is 32.2. The Hall–Kier alpha value is -5.18. The van der Waals surface area contributed by atoms with Crippen molar-refractivity contribution in [3.63, 3.8) is 0 Å². The van der Waals surface area contributed by atoms with E-state index >= 15 is 0 Å². The van der Waals surface area contributed by atoms with Crippen LogP contribution in [-0.4, -0.2) is 75.9 Å². The topological polar surface area (TPSA) is 209 Å². The average Bonchev–Trinajstić information content (AvgIpc) is 3.76. The summed E-state index contributed by atoms with van der Waals surface area (Å²) >= 11 is 0.865. The number of nitrogens with one attached hydrogen (secondary N) is 1. The molecule has 14 nitrogen and oxygen atoms in total. The van der Waals surface area contributed by atoms with E-state index in [1.54, 1.807) is 30.3 Å². The number of carboxylic acid groups (broad SMARTS) is 1. The third kappa shape index (κ3) is 9.99. The second kappa shape index (κ2) is 16.0. The molecule has 5 aromatic rings. The molecule has 5 N–H and O–H groups in total. The van der Waals surface area contributed by atoms with E-state index in [1.165, 1.54) is 23.0 Å². The second-order valence-corrected chi connectivity index (χ2v) is 14.2. The van der Waals surface area contributed by atoms with Crippen molar-refractivity contribution in [2.75, 3.05) is 13.3 Å². The Balaban J connectivity index is 1.34. The van der Waals surface area contributed by atoms with Gasteiger partial charge in [0.05, 0.1) is 22.0 Å². The van der Waals surface area contributed by atoms with Gasteiger partial charge in [-0.2, -0.15) is 13.2 Å². The fourth-order valence-electron chi connectivity index (χ4n) is 4.81. The number of rotatable bonds is 16. The summed E-state index contributed by atoms with van der Waals surface area (Å²) in [5.41, 5.74) is 0.563. The first-order valence-corrected chi connectivity index (χ1v) is 17.6. The molecule has 3 atom stereocenters. The Labute approximate surface area is 296 Å². The number of amides is 1. The lowest BCUT2D eigenvalue weighted by Gasteiger charge is -2.21. The highest BCUT2D eigenvalue weighted by molar-refractivity contribution is 7.91. The summed E-state index contributed by atoms with van der Waals surface area (Å²) in [5.74, 6) is -1.55. The van der Waals surface area contributed by atoms with Crippen LogP contribution < -0.4 is 19.9 Å². The Morgan fingerprint density at radius 2 is 1.63 bits per heavy atom. The van der Waals surface area contributed by atoms with E-state index < -0.39 is 58.5 Å². The maximum Gasteiger partial charge on any atom is 0.416 e. The largest absolute Gasteiger partial charge is 0.491 e. The number of nitrogens with two attached hydrogens (primary N) is 1. The number of ether oxygens (including phenoxy) is 2. The lowest BCUT2D eigenvalue weighted by Crippen LogP contribution is -2.46. The number of nitrogens with zero attached hydrogens (tertiary/aromatic N) is 4. The summed E-state index contributed by atoms with van der Waals surface area (Å²) < 4.78 is 87.6. The van der Waals surface area contributed by atoms with Crippen molar-refractivity contribution in [2.24, 2.45) is 5.14 Å². The molecule has 3 aromatic carbocycles. The fourth-order valence-corrected chi connectivity index (χ4v) is 6.49. The van der Waals surface area contributed by atoms with Gasteiger partial charge in [0.15, 0.2) is 0 Å². The predicted octanol–water partition coefficient (Wildman–Crippen LogP) is 3.44. The summed E-state index contributed by atoms with van der Waals surface area (Å²) in [6.45, 7) is -1.41. The number of aliphatic hydroxyl groups excluding tert-OH is 1. The number of carbonyl (C=O) groups is 2. The summed E-state index contributed by atoms with van der Waals surface area (Å²) in [4.78, 5) is 29.9. The van der Waals surface area contributed by atoms with Gasteiger partial charge >= 0.3 is 12.1 Å². The molecule has 0 bridgehead atoms. The number of benzene rings is 3. The lowest BCUT2D eigenvalue weighted by atomic mass is 10.0. The zero-order valence-electron chi connectivity index (χ0n) is 26.7. The van der Waals surface area contributed by atoms with Crippen LogP contribution in [0.4, 0.5) is 17.6 Å². The number of sulfonamides is 1. The molecule has 0 spiro atoms. The minimum Gasteiger partial charge on any atom is -0.491 e. The van der Waals surface area contributed by atoms with Crippen molar-refractivity contribution in [3.05, 3.63) is 95.3 Å². The molecule has 1 amide bonds. The molecule has 0 aliphatic carbocycles. The zero-order chi connectivity index (χ0) is 37.6. The minimum atomic E-state index is -4.58. The number of aromatic nitrogens is 4. The van der Waals surface area contributed by atoms with Gasteiger partial charge in [0.25, 0.3) is 10.0 Å². The molecule has 52 heavy (non-hydrogen) atoms. The summed E-state index contributed by atoms with van der Waals surface area (Å²) in [6.07, 6.45) is -4.83. The van der Waals surface area contributed by atoms with Crippen LogP contribution in [0.5, 0.6) is 11.5 Å². The molecule has 2 heterocycles. The number of alkyl halides is 4. The maximum absolute atomic E-state index is 13.7. The summed E-state index contributed by atoms with van der Waals surface area (Å²) in [5, 5.41) is 35.1. The van der Waals surface area contributed by atoms with Crippen LogP contribution in [0.15, 0.2) is 77.3 Å². The number of halogens is 4. The molecule has 20 heteroatoms. The van der Waals surface area contributed by atoms with E-state index in [9.17, 15) is 45.8 Å². The van der Waals surface area contributed by atoms with Crippen LogP contribution in [0.2, 0.25) is 0 Å². The molecule has 2 aromatic heterocycles. The van der Waals surface area contributed by atoms with E-state index in [2.05, 4.69) is 20.6 Å². The van der Waals surface area contributed by atoms with Gasteiger partial charge in [-0.3, -0.25) is 4.79 Å². The van der Waals surface area contributed by atoms with Crippen molar-refractivity contribution < 1.29 is 55.3 Å². The first kappa shape index (κ1) is 38.1. The molecule has 0 saturated carbocycles. The normalized spacial score (nSPS) is 13.7. The van der Waals surface area contributed by atoms with E-state index in [1.807, 2.05) is 0 Å². The second-order valence-electron chi connectivity index (χ2n) is 11.4. The van der Waals surface area contributed by atoms with Crippen molar-refractivity contribution in [2.45, 2.75) is 48.2 Å². The third-order valence-corrected chi connectivity index (χ3v) is 9.80. The molecule has 0 fully saturated rings. The third-order valence-electron chi connectivity index (χ3n) is 7.46. The molecule has 0 aliphatic heterocycles. The van der Waals surface area contributed by atoms with Gasteiger partial charge in [0.1, 0.15) is 55.3 Å². The van der Waals surface area contributed by atoms with Gasteiger partial charge in [-0.05, 0) is 53.6 Å². The highest BCUT2D eigenvalue weighted by Gasteiger charge is 2.31. The summed E-state index contributed by atoms with van der Waals surface area (Å²) in [7, 11) is -4.00. The Morgan fingerprint density at radius 3 is 2.27 bits per heavy atom. The van der Waals surface area contributed by atoms with Crippen LogP contribution in [-0.2, 0) is 45.2 Å². The lowest BCUT2D eigenvalue weighted by molar-refractivity contribution is -0.142. The molecule has 5 rings (SSSR count). The molecular formula is C32H30F4N6O8S2. The highest BCUT2D eigenvalue weighted by Crippen LogP contribution is 2.30. The van der Waals surface area contributed by atoms with Gasteiger partial charge in [-0.25, -0.2) is 32.4 Å².